The Kier molecular flexibility index (Phi) is 6.02. The molecule has 1 aliphatic heterocycles. The van der Waals surface area contributed by atoms with Crippen LogP contribution in [0.3, 0.4) is 0 Å². The highest BCUT2D eigenvalue weighted by atomic mass is 16.5. The molecule has 0 bridgehead atoms. The Hall–Kier alpha value is -4.01. The van der Waals surface area contributed by atoms with E-state index >= 15 is 0 Å². The lowest BCUT2D eigenvalue weighted by molar-refractivity contribution is -0.116. The maximum Gasteiger partial charge on any atom is 0.261 e. The number of ether oxygens (including phenoxy) is 1. The molecule has 0 atom stereocenters. The molecule has 3 amide bonds. The molecule has 0 saturated carbocycles. The summed E-state index contributed by atoms with van der Waals surface area (Å²) in [5.74, 6) is -0.186. The molecule has 9 nitrogen and oxygen atoms in total. The van der Waals surface area contributed by atoms with Gasteiger partial charge in [-0.05, 0) is 30.7 Å². The second kappa shape index (κ2) is 9.21. The van der Waals surface area contributed by atoms with Crippen LogP contribution < -0.4 is 10.1 Å². The molecule has 1 N–H and O–H groups in total. The van der Waals surface area contributed by atoms with Crippen molar-refractivity contribution >= 4 is 23.4 Å². The molecule has 1 aliphatic rings. The summed E-state index contributed by atoms with van der Waals surface area (Å²) in [5, 5.41) is 6.82. The maximum absolute atomic E-state index is 12.4. The lowest BCUT2D eigenvalue weighted by atomic mass is 10.1. The van der Waals surface area contributed by atoms with Crippen molar-refractivity contribution in [3.05, 3.63) is 72.3 Å². The zero-order chi connectivity index (χ0) is 21.6. The number of imide groups is 1. The first-order valence-corrected chi connectivity index (χ1v) is 9.92. The van der Waals surface area contributed by atoms with Crippen LogP contribution in [0.1, 0.15) is 33.6 Å². The molecular weight excluding hydrogens is 398 g/mol. The van der Waals surface area contributed by atoms with Crippen LogP contribution in [0.15, 0.2) is 61.2 Å². The first-order chi connectivity index (χ1) is 15.1. The van der Waals surface area contributed by atoms with Crippen molar-refractivity contribution in [1.29, 1.82) is 0 Å². The van der Waals surface area contributed by atoms with E-state index in [1.807, 2.05) is 0 Å². The Bertz CT molecular complexity index is 1060. The highest BCUT2D eigenvalue weighted by Gasteiger charge is 2.34. The largest absolute Gasteiger partial charge is 0.492 e. The second-order valence-corrected chi connectivity index (χ2v) is 6.99. The SMILES string of the molecule is O=C(CCCN1C(=O)c2ccccc2C1=O)Nc1cccc(OCCn2cncn2)c1. The van der Waals surface area contributed by atoms with Gasteiger partial charge in [0.15, 0.2) is 0 Å². The molecule has 0 aliphatic carbocycles. The van der Waals surface area contributed by atoms with Crippen molar-refractivity contribution in [2.45, 2.75) is 19.4 Å². The van der Waals surface area contributed by atoms with Gasteiger partial charge >= 0.3 is 0 Å². The van der Waals surface area contributed by atoms with Gasteiger partial charge in [0.2, 0.25) is 5.91 Å². The molecule has 9 heteroatoms. The van der Waals surface area contributed by atoms with Crippen molar-refractivity contribution in [1.82, 2.24) is 19.7 Å². The third-order valence-electron chi connectivity index (χ3n) is 4.84. The standard InChI is InChI=1S/C22H21N5O4/c28-20(9-4-10-27-21(29)18-7-1-2-8-19(18)22(27)30)25-16-5-3-6-17(13-16)31-12-11-26-15-23-14-24-26/h1-3,5-8,13-15H,4,9-12H2,(H,25,28). The molecule has 2 heterocycles. The normalized spacial score (nSPS) is 12.7. The number of aromatic nitrogens is 3. The van der Waals surface area contributed by atoms with Crippen molar-refractivity contribution in [2.24, 2.45) is 0 Å². The molecule has 158 valence electrons. The van der Waals surface area contributed by atoms with Crippen LogP contribution in [0.4, 0.5) is 5.69 Å². The van der Waals surface area contributed by atoms with Gasteiger partial charge in [0.05, 0.1) is 17.7 Å². The Morgan fingerprint density at radius 2 is 1.77 bits per heavy atom. The summed E-state index contributed by atoms with van der Waals surface area (Å²) in [6.45, 7) is 1.18. The van der Waals surface area contributed by atoms with Crippen molar-refractivity contribution in [3.8, 4) is 5.75 Å². The topological polar surface area (TPSA) is 106 Å². The highest BCUT2D eigenvalue weighted by Crippen LogP contribution is 2.23. The number of fused-ring (bicyclic) bond motifs is 1. The maximum atomic E-state index is 12.4. The van der Waals surface area contributed by atoms with E-state index in [4.69, 9.17) is 4.74 Å². The number of amides is 3. The molecule has 4 rings (SSSR count). The van der Waals surface area contributed by atoms with E-state index in [0.29, 0.717) is 42.1 Å². The molecule has 0 radical (unpaired) electrons. The van der Waals surface area contributed by atoms with Crippen molar-refractivity contribution in [2.75, 3.05) is 18.5 Å². The summed E-state index contributed by atoms with van der Waals surface area (Å²) < 4.78 is 7.35. The van der Waals surface area contributed by atoms with Gasteiger partial charge in [-0.15, -0.1) is 0 Å². The van der Waals surface area contributed by atoms with Gasteiger partial charge < -0.3 is 10.1 Å². The summed E-state index contributed by atoms with van der Waals surface area (Å²) >= 11 is 0. The van der Waals surface area contributed by atoms with Crippen LogP contribution in [-0.4, -0.2) is 50.5 Å². The van der Waals surface area contributed by atoms with E-state index in [1.165, 1.54) is 11.2 Å². The van der Waals surface area contributed by atoms with E-state index < -0.39 is 0 Å². The minimum absolute atomic E-state index is 0.185. The molecular formula is C22H21N5O4. The number of carbonyl (C=O) groups excluding carboxylic acids is 3. The molecule has 0 fully saturated rings. The Balaban J connectivity index is 1.23. The summed E-state index contributed by atoms with van der Waals surface area (Å²) in [6, 6.07) is 13.8. The summed E-state index contributed by atoms with van der Waals surface area (Å²) in [7, 11) is 0. The molecule has 2 aromatic carbocycles. The zero-order valence-corrected chi connectivity index (χ0v) is 16.7. The van der Waals surface area contributed by atoms with E-state index in [2.05, 4.69) is 15.4 Å². The number of hydrogen-bond donors (Lipinski definition) is 1. The van der Waals surface area contributed by atoms with Gasteiger partial charge in [-0.25, -0.2) is 9.67 Å². The van der Waals surface area contributed by atoms with Gasteiger partial charge in [0.25, 0.3) is 11.8 Å². The van der Waals surface area contributed by atoms with Crippen molar-refractivity contribution < 1.29 is 19.1 Å². The molecule has 0 spiro atoms. The lowest BCUT2D eigenvalue weighted by Crippen LogP contribution is -2.31. The number of nitrogens with zero attached hydrogens (tertiary/aromatic N) is 4. The van der Waals surface area contributed by atoms with Gasteiger partial charge in [-0.1, -0.05) is 18.2 Å². The van der Waals surface area contributed by atoms with Crippen LogP contribution in [0.25, 0.3) is 0 Å². The molecule has 0 saturated heterocycles. The summed E-state index contributed by atoms with van der Waals surface area (Å²) in [6.07, 6.45) is 3.64. The van der Waals surface area contributed by atoms with E-state index in [1.54, 1.807) is 59.5 Å². The number of nitrogens with one attached hydrogen (secondary N) is 1. The van der Waals surface area contributed by atoms with Crippen LogP contribution >= 0.6 is 0 Å². The monoisotopic (exact) mass is 419 g/mol. The fourth-order valence-electron chi connectivity index (χ4n) is 3.33. The van der Waals surface area contributed by atoms with E-state index in [0.717, 1.165) is 0 Å². The fourth-order valence-corrected chi connectivity index (χ4v) is 3.33. The molecule has 1 aromatic heterocycles. The number of carbonyl (C=O) groups is 3. The number of benzene rings is 2. The van der Waals surface area contributed by atoms with Gasteiger partial charge in [0.1, 0.15) is 25.0 Å². The van der Waals surface area contributed by atoms with Crippen LogP contribution in [-0.2, 0) is 11.3 Å². The first-order valence-electron chi connectivity index (χ1n) is 9.92. The second-order valence-electron chi connectivity index (χ2n) is 6.99. The van der Waals surface area contributed by atoms with Gasteiger partial charge in [-0.3, -0.25) is 19.3 Å². The third-order valence-corrected chi connectivity index (χ3v) is 4.84. The Morgan fingerprint density at radius 3 is 2.48 bits per heavy atom. The molecule has 3 aromatic rings. The lowest BCUT2D eigenvalue weighted by Gasteiger charge is -2.13. The van der Waals surface area contributed by atoms with E-state index in [9.17, 15) is 14.4 Å². The predicted molar refractivity (Wildman–Crippen MR) is 112 cm³/mol. The van der Waals surface area contributed by atoms with Gasteiger partial charge in [0, 0.05) is 24.7 Å². The smallest absolute Gasteiger partial charge is 0.261 e. The molecule has 0 unspecified atom stereocenters. The minimum Gasteiger partial charge on any atom is -0.492 e. The van der Waals surface area contributed by atoms with Crippen LogP contribution in [0.5, 0.6) is 5.75 Å². The Morgan fingerprint density at radius 1 is 1.00 bits per heavy atom. The summed E-state index contributed by atoms with van der Waals surface area (Å²) in [4.78, 5) is 42.1. The molecule has 31 heavy (non-hydrogen) atoms. The number of hydrogen-bond acceptors (Lipinski definition) is 6. The first kappa shape index (κ1) is 20.3. The third kappa shape index (κ3) is 4.77. The van der Waals surface area contributed by atoms with Crippen LogP contribution in [0, 0.1) is 0 Å². The van der Waals surface area contributed by atoms with Gasteiger partial charge in [-0.2, -0.15) is 5.10 Å². The predicted octanol–water partition coefficient (Wildman–Crippen LogP) is 2.37. The number of rotatable bonds is 9. The minimum atomic E-state index is -0.309. The zero-order valence-electron chi connectivity index (χ0n) is 16.7. The van der Waals surface area contributed by atoms with E-state index in [-0.39, 0.29) is 30.7 Å². The summed E-state index contributed by atoms with van der Waals surface area (Å²) in [5.41, 5.74) is 1.44. The van der Waals surface area contributed by atoms with Crippen LogP contribution in [0.2, 0.25) is 0 Å². The Labute approximate surface area is 178 Å². The average molecular weight is 419 g/mol. The highest BCUT2D eigenvalue weighted by molar-refractivity contribution is 6.21. The number of anilines is 1. The van der Waals surface area contributed by atoms with Crippen molar-refractivity contribution in [3.63, 3.8) is 0 Å². The fraction of sp³-hybridized carbons (Fsp3) is 0.227. The quantitative estimate of drug-likeness (QED) is 0.534. The average Bonchev–Trinajstić information content (AvgIpc) is 3.37.